The van der Waals surface area contributed by atoms with Gasteiger partial charge in [-0.25, -0.2) is 9.37 Å². The second kappa shape index (κ2) is 10.9. The molecule has 2 aromatic heterocycles. The van der Waals surface area contributed by atoms with Crippen LogP contribution in [0.4, 0.5) is 4.39 Å². The van der Waals surface area contributed by atoms with E-state index >= 15 is 0 Å². The summed E-state index contributed by atoms with van der Waals surface area (Å²) in [6.07, 6.45) is 4.23. The number of hydrogen-bond acceptors (Lipinski definition) is 5. The zero-order chi connectivity index (χ0) is 23.1. The molecule has 1 saturated heterocycles. The van der Waals surface area contributed by atoms with Gasteiger partial charge >= 0.3 is 0 Å². The summed E-state index contributed by atoms with van der Waals surface area (Å²) in [6, 6.07) is 9.64. The number of piperidine rings is 1. The third-order valence-corrected chi connectivity index (χ3v) is 5.42. The fraction of sp³-hybridized carbons (Fsp3) is 0.304. The van der Waals surface area contributed by atoms with E-state index in [1.807, 2.05) is 17.0 Å². The second-order valence-corrected chi connectivity index (χ2v) is 7.66. The first-order valence-corrected chi connectivity index (χ1v) is 10.6. The molecule has 1 N–H and O–H groups in total. The van der Waals surface area contributed by atoms with Crippen molar-refractivity contribution in [2.45, 2.75) is 32.3 Å². The summed E-state index contributed by atoms with van der Waals surface area (Å²) in [4.78, 5) is 31.6. The van der Waals surface area contributed by atoms with Crippen LogP contribution >= 0.6 is 11.6 Å². The summed E-state index contributed by atoms with van der Waals surface area (Å²) in [7, 11) is 0. The van der Waals surface area contributed by atoms with E-state index in [1.54, 1.807) is 25.3 Å². The average molecular weight is 460 g/mol. The molecule has 32 heavy (non-hydrogen) atoms. The van der Waals surface area contributed by atoms with Crippen molar-refractivity contribution in [3.05, 3.63) is 53.4 Å². The third kappa shape index (κ3) is 5.50. The van der Waals surface area contributed by atoms with Gasteiger partial charge < -0.3 is 14.7 Å². The molecular weight excluding hydrogens is 437 g/mol. The van der Waals surface area contributed by atoms with Crippen LogP contribution in [0.15, 0.2) is 42.6 Å². The number of carbonyl (C=O) groups excluding carboxylic acids is 1. The maximum atomic E-state index is 13.4. The maximum absolute atomic E-state index is 13.4. The van der Waals surface area contributed by atoms with E-state index in [0.29, 0.717) is 22.1 Å². The molecule has 0 bridgehead atoms. The Morgan fingerprint density at radius 1 is 1.19 bits per heavy atom. The lowest BCUT2D eigenvalue weighted by Gasteiger charge is -2.29. The number of ether oxygens (including phenoxy) is 1. The van der Waals surface area contributed by atoms with E-state index < -0.39 is 11.9 Å². The normalized spacial score (nSPS) is 14.3. The molecule has 7 nitrogen and oxygen atoms in total. The first-order chi connectivity index (χ1) is 15.4. The highest BCUT2D eigenvalue weighted by atomic mass is 35.5. The van der Waals surface area contributed by atoms with E-state index in [4.69, 9.17) is 26.2 Å². The van der Waals surface area contributed by atoms with Gasteiger partial charge in [0.15, 0.2) is 11.8 Å². The van der Waals surface area contributed by atoms with Crippen molar-refractivity contribution in [1.29, 1.82) is 0 Å². The van der Waals surface area contributed by atoms with E-state index in [2.05, 4.69) is 9.97 Å². The third-order valence-electron chi connectivity index (χ3n) is 5.11. The van der Waals surface area contributed by atoms with Crippen molar-refractivity contribution in [1.82, 2.24) is 14.9 Å². The van der Waals surface area contributed by atoms with Crippen LogP contribution in [-0.4, -0.2) is 51.5 Å². The van der Waals surface area contributed by atoms with Gasteiger partial charge in [0.2, 0.25) is 5.88 Å². The van der Waals surface area contributed by atoms with Gasteiger partial charge in [0.05, 0.1) is 5.02 Å². The van der Waals surface area contributed by atoms with E-state index in [0.717, 1.165) is 43.3 Å². The minimum atomic E-state index is -0.618. The van der Waals surface area contributed by atoms with Crippen LogP contribution in [0.3, 0.4) is 0 Å². The lowest BCUT2D eigenvalue weighted by Crippen LogP contribution is -2.43. The molecule has 9 heteroatoms. The van der Waals surface area contributed by atoms with Crippen LogP contribution in [0, 0.1) is 5.82 Å². The molecule has 0 spiro atoms. The van der Waals surface area contributed by atoms with Crippen LogP contribution in [0.25, 0.3) is 22.2 Å². The van der Waals surface area contributed by atoms with Crippen molar-refractivity contribution in [2.24, 2.45) is 0 Å². The number of benzene rings is 1. The van der Waals surface area contributed by atoms with Gasteiger partial charge in [-0.15, -0.1) is 0 Å². The summed E-state index contributed by atoms with van der Waals surface area (Å²) in [5.41, 5.74) is 1.97. The van der Waals surface area contributed by atoms with E-state index in [-0.39, 0.29) is 12.4 Å². The van der Waals surface area contributed by atoms with Gasteiger partial charge in [-0.1, -0.05) is 11.6 Å². The number of amides is 1. The highest BCUT2D eigenvalue weighted by Crippen LogP contribution is 2.33. The minimum Gasteiger partial charge on any atom is -0.483 e. The highest BCUT2D eigenvalue weighted by Gasteiger charge is 2.24. The predicted molar refractivity (Wildman–Crippen MR) is 119 cm³/mol. The number of pyridine rings is 2. The Morgan fingerprint density at radius 2 is 1.91 bits per heavy atom. The Labute approximate surface area is 189 Å². The van der Waals surface area contributed by atoms with Gasteiger partial charge in [-0.2, -0.15) is 4.98 Å². The summed E-state index contributed by atoms with van der Waals surface area (Å²) in [5, 5.41) is 7.97. The first-order valence-electron chi connectivity index (χ1n) is 10.2. The fourth-order valence-electron chi connectivity index (χ4n) is 3.62. The molecule has 0 saturated carbocycles. The smallest absolute Gasteiger partial charge is 0.290 e. The molecule has 1 fully saturated rings. The number of carbonyl (C=O) groups is 2. The van der Waals surface area contributed by atoms with Crippen LogP contribution < -0.4 is 4.74 Å². The Morgan fingerprint density at radius 3 is 2.59 bits per heavy atom. The number of carboxylic acid groups (broad SMARTS) is 1. The van der Waals surface area contributed by atoms with Crippen molar-refractivity contribution >= 4 is 35.0 Å². The standard InChI is InChI=1S/C22H21ClFN3O2.CH2O2/c1-14(22(28)27-11-3-2-4-12-27)29-20-8-7-18-16(9-10-25-21(18)26-20)17-6-5-15(24)13-19(17)23;2-1-3/h5-10,13-14H,2-4,11-12H2,1H3;1H,(H,2,3). The number of nitrogens with zero attached hydrogens (tertiary/aromatic N) is 3. The fourth-order valence-corrected chi connectivity index (χ4v) is 3.89. The molecule has 1 atom stereocenters. The first kappa shape index (κ1) is 23.4. The molecule has 0 aliphatic carbocycles. The molecule has 1 amide bonds. The van der Waals surface area contributed by atoms with Crippen molar-refractivity contribution in [3.63, 3.8) is 0 Å². The lowest BCUT2D eigenvalue weighted by molar-refractivity contribution is -0.139. The summed E-state index contributed by atoms with van der Waals surface area (Å²) in [6.45, 7) is 3.05. The molecule has 1 aliphatic heterocycles. The number of aromatic nitrogens is 2. The quantitative estimate of drug-likeness (QED) is 0.574. The van der Waals surface area contributed by atoms with Crippen LogP contribution in [0.5, 0.6) is 5.88 Å². The Hall–Kier alpha value is -3.26. The molecule has 168 valence electrons. The van der Waals surface area contributed by atoms with Gasteiger partial charge in [0, 0.05) is 36.3 Å². The van der Waals surface area contributed by atoms with Crippen LogP contribution in [0.1, 0.15) is 26.2 Å². The predicted octanol–water partition coefficient (Wildman–Crippen LogP) is 4.57. The monoisotopic (exact) mass is 459 g/mol. The van der Waals surface area contributed by atoms with Crippen molar-refractivity contribution in [2.75, 3.05) is 13.1 Å². The summed E-state index contributed by atoms with van der Waals surface area (Å²) >= 11 is 6.23. The SMILES string of the molecule is CC(Oc1ccc2c(-c3ccc(F)cc3Cl)ccnc2n1)C(=O)N1CCCCC1.O=CO. The second-order valence-electron chi connectivity index (χ2n) is 7.25. The maximum Gasteiger partial charge on any atom is 0.290 e. The Kier molecular flexibility index (Phi) is 7.94. The van der Waals surface area contributed by atoms with Gasteiger partial charge in [-0.3, -0.25) is 9.59 Å². The molecule has 3 aromatic rings. The highest BCUT2D eigenvalue weighted by molar-refractivity contribution is 6.33. The number of rotatable bonds is 4. The number of halogens is 2. The van der Waals surface area contributed by atoms with Gasteiger partial charge in [0.25, 0.3) is 12.4 Å². The topological polar surface area (TPSA) is 92.6 Å². The van der Waals surface area contributed by atoms with Crippen LogP contribution in [0.2, 0.25) is 5.02 Å². The summed E-state index contributed by atoms with van der Waals surface area (Å²) in [5.74, 6) is -0.0742. The zero-order valence-electron chi connectivity index (χ0n) is 17.5. The van der Waals surface area contributed by atoms with E-state index in [1.165, 1.54) is 12.1 Å². The molecule has 0 radical (unpaired) electrons. The average Bonchev–Trinajstić information content (AvgIpc) is 2.79. The minimum absolute atomic E-state index is 0.0219. The van der Waals surface area contributed by atoms with Crippen molar-refractivity contribution in [3.8, 4) is 17.0 Å². The molecule has 4 rings (SSSR count). The largest absolute Gasteiger partial charge is 0.483 e. The Balaban J connectivity index is 0.000000913. The number of hydrogen-bond donors (Lipinski definition) is 1. The number of likely N-dealkylation sites (tertiary alicyclic amines) is 1. The Bertz CT molecular complexity index is 1110. The molecule has 3 heterocycles. The van der Waals surface area contributed by atoms with Gasteiger partial charge in [-0.05, 0) is 62.1 Å². The molecule has 1 aromatic carbocycles. The molecule has 1 aliphatic rings. The molecular formula is C23H23ClFN3O4. The lowest BCUT2D eigenvalue weighted by atomic mass is 10.0. The van der Waals surface area contributed by atoms with Crippen molar-refractivity contribution < 1.29 is 23.8 Å². The zero-order valence-corrected chi connectivity index (χ0v) is 18.3. The van der Waals surface area contributed by atoms with Crippen LogP contribution in [-0.2, 0) is 9.59 Å². The van der Waals surface area contributed by atoms with E-state index in [9.17, 15) is 9.18 Å². The summed E-state index contributed by atoms with van der Waals surface area (Å²) < 4.78 is 19.2. The molecule has 1 unspecified atom stereocenters. The number of fused-ring (bicyclic) bond motifs is 1. The van der Waals surface area contributed by atoms with Gasteiger partial charge in [0.1, 0.15) is 5.82 Å².